The van der Waals surface area contributed by atoms with E-state index in [2.05, 4.69) is 5.32 Å². The minimum atomic E-state index is -0.289. The summed E-state index contributed by atoms with van der Waals surface area (Å²) in [6, 6.07) is 14.1. The average molecular weight is 490 g/mol. The van der Waals surface area contributed by atoms with E-state index in [0.29, 0.717) is 39.9 Å². The van der Waals surface area contributed by atoms with Gasteiger partial charge < -0.3 is 29.0 Å². The Kier molecular flexibility index (Phi) is 7.15. The number of hydrogen-bond donors (Lipinski definition) is 1. The van der Waals surface area contributed by atoms with Gasteiger partial charge in [-0.3, -0.25) is 9.59 Å². The number of fused-ring (bicyclic) bond motifs is 1. The van der Waals surface area contributed by atoms with Crippen molar-refractivity contribution in [2.75, 3.05) is 33.3 Å². The van der Waals surface area contributed by atoms with Gasteiger partial charge in [-0.05, 0) is 61.4 Å². The standard InChI is InChI=1S/C28H27NO7/c1-16-6-9-21(17(2)10-16)29-26(30)15-35-19-7-8-20-22(14-19)36-23(27(20)31)11-18-12-24(32-3)28(34-5)25(13-18)33-4/h6-14H,15H2,1-5H3,(H,29,30). The van der Waals surface area contributed by atoms with E-state index < -0.39 is 0 Å². The maximum Gasteiger partial charge on any atom is 0.262 e. The largest absolute Gasteiger partial charge is 0.493 e. The molecule has 0 aromatic heterocycles. The van der Waals surface area contributed by atoms with Crippen molar-refractivity contribution in [3.05, 3.63) is 76.5 Å². The summed E-state index contributed by atoms with van der Waals surface area (Å²) in [4.78, 5) is 25.2. The van der Waals surface area contributed by atoms with E-state index in [9.17, 15) is 9.59 Å². The number of nitrogens with one attached hydrogen (secondary N) is 1. The zero-order valence-electron chi connectivity index (χ0n) is 20.8. The highest BCUT2D eigenvalue weighted by molar-refractivity contribution is 6.14. The molecule has 1 aliphatic rings. The summed E-state index contributed by atoms with van der Waals surface area (Å²) in [5.74, 6) is 1.72. The van der Waals surface area contributed by atoms with Crippen LogP contribution in [-0.4, -0.2) is 39.6 Å². The highest BCUT2D eigenvalue weighted by Crippen LogP contribution is 2.40. The van der Waals surface area contributed by atoms with Crippen LogP contribution in [0.2, 0.25) is 0 Å². The number of amides is 1. The fourth-order valence-corrected chi connectivity index (χ4v) is 3.88. The summed E-state index contributed by atoms with van der Waals surface area (Å²) in [5, 5.41) is 2.84. The van der Waals surface area contributed by atoms with E-state index in [1.807, 2.05) is 32.0 Å². The van der Waals surface area contributed by atoms with Gasteiger partial charge in [-0.1, -0.05) is 17.7 Å². The smallest absolute Gasteiger partial charge is 0.262 e. The molecule has 1 heterocycles. The van der Waals surface area contributed by atoms with E-state index in [-0.39, 0.29) is 24.1 Å². The van der Waals surface area contributed by atoms with Gasteiger partial charge in [0.2, 0.25) is 11.5 Å². The molecule has 0 aliphatic carbocycles. The van der Waals surface area contributed by atoms with Crippen LogP contribution in [0.5, 0.6) is 28.7 Å². The van der Waals surface area contributed by atoms with Gasteiger partial charge in [0.15, 0.2) is 23.9 Å². The van der Waals surface area contributed by atoms with Crippen molar-refractivity contribution in [3.63, 3.8) is 0 Å². The van der Waals surface area contributed by atoms with Crippen molar-refractivity contribution < 1.29 is 33.3 Å². The summed E-state index contributed by atoms with van der Waals surface area (Å²) < 4.78 is 27.5. The topological polar surface area (TPSA) is 92.3 Å². The van der Waals surface area contributed by atoms with Crippen molar-refractivity contribution in [2.45, 2.75) is 13.8 Å². The summed E-state index contributed by atoms with van der Waals surface area (Å²) in [6.45, 7) is 3.74. The Morgan fingerprint density at radius 2 is 1.67 bits per heavy atom. The number of benzene rings is 3. The van der Waals surface area contributed by atoms with Crippen molar-refractivity contribution in [2.24, 2.45) is 0 Å². The number of aryl methyl sites for hydroxylation is 2. The molecule has 3 aromatic rings. The molecule has 1 N–H and O–H groups in total. The highest BCUT2D eigenvalue weighted by atomic mass is 16.5. The molecule has 0 saturated heterocycles. The molecular weight excluding hydrogens is 462 g/mol. The van der Waals surface area contributed by atoms with E-state index in [0.717, 1.165) is 16.8 Å². The average Bonchev–Trinajstić information content (AvgIpc) is 3.17. The lowest BCUT2D eigenvalue weighted by atomic mass is 10.1. The molecule has 8 nitrogen and oxygen atoms in total. The van der Waals surface area contributed by atoms with Crippen LogP contribution in [0.1, 0.15) is 27.0 Å². The lowest BCUT2D eigenvalue weighted by molar-refractivity contribution is -0.118. The highest BCUT2D eigenvalue weighted by Gasteiger charge is 2.28. The first kappa shape index (κ1) is 24.7. The van der Waals surface area contributed by atoms with Gasteiger partial charge in [-0.15, -0.1) is 0 Å². The van der Waals surface area contributed by atoms with E-state index in [1.54, 1.807) is 36.4 Å². The Labute approximate surface area is 209 Å². The number of carbonyl (C=O) groups is 2. The number of allylic oxidation sites excluding steroid dienone is 1. The summed E-state index contributed by atoms with van der Waals surface area (Å²) >= 11 is 0. The Hall–Kier alpha value is -4.46. The summed E-state index contributed by atoms with van der Waals surface area (Å²) in [5.41, 5.74) is 3.87. The molecule has 3 aromatic carbocycles. The molecule has 1 aliphatic heterocycles. The minimum Gasteiger partial charge on any atom is -0.493 e. The lowest BCUT2D eigenvalue weighted by Gasteiger charge is -2.13. The molecule has 4 rings (SSSR count). The first-order valence-electron chi connectivity index (χ1n) is 11.2. The summed E-state index contributed by atoms with van der Waals surface area (Å²) in [7, 11) is 4.56. The van der Waals surface area contributed by atoms with Gasteiger partial charge in [0.1, 0.15) is 11.5 Å². The van der Waals surface area contributed by atoms with Gasteiger partial charge >= 0.3 is 0 Å². The lowest BCUT2D eigenvalue weighted by Crippen LogP contribution is -2.20. The van der Waals surface area contributed by atoms with Crippen LogP contribution >= 0.6 is 0 Å². The first-order chi connectivity index (χ1) is 17.3. The number of rotatable bonds is 8. The zero-order valence-corrected chi connectivity index (χ0v) is 20.8. The summed E-state index contributed by atoms with van der Waals surface area (Å²) in [6.07, 6.45) is 1.60. The fourth-order valence-electron chi connectivity index (χ4n) is 3.88. The van der Waals surface area contributed by atoms with Crippen LogP contribution in [0.3, 0.4) is 0 Å². The number of methoxy groups -OCH3 is 3. The number of ether oxygens (including phenoxy) is 5. The molecule has 0 unspecified atom stereocenters. The van der Waals surface area contributed by atoms with Gasteiger partial charge in [0, 0.05) is 11.8 Å². The van der Waals surface area contributed by atoms with E-state index in [4.69, 9.17) is 23.7 Å². The van der Waals surface area contributed by atoms with Crippen molar-refractivity contribution in [1.29, 1.82) is 0 Å². The molecule has 36 heavy (non-hydrogen) atoms. The SMILES string of the molecule is COc1cc(C=C2Oc3cc(OCC(=O)Nc4ccc(C)cc4C)ccc3C2=O)cc(OC)c1OC. The normalized spacial score (nSPS) is 13.1. The van der Waals surface area contributed by atoms with Crippen LogP contribution in [-0.2, 0) is 4.79 Å². The number of Topliss-reactive ketones (excluding diaryl/α,β-unsaturated/α-hetero) is 1. The first-order valence-corrected chi connectivity index (χ1v) is 11.2. The van der Waals surface area contributed by atoms with Crippen molar-refractivity contribution >= 4 is 23.5 Å². The molecule has 0 radical (unpaired) electrons. The molecular formula is C28H27NO7. The Bertz CT molecular complexity index is 1330. The number of ketones is 1. The van der Waals surface area contributed by atoms with Crippen LogP contribution in [0, 0.1) is 13.8 Å². The quantitative estimate of drug-likeness (QED) is 0.447. The number of anilines is 1. The Balaban J connectivity index is 1.47. The number of hydrogen-bond acceptors (Lipinski definition) is 7. The molecule has 0 bridgehead atoms. The predicted octanol–water partition coefficient (Wildman–Crippen LogP) is 4.96. The van der Waals surface area contributed by atoms with Gasteiger partial charge in [0.05, 0.1) is 26.9 Å². The third-order valence-electron chi connectivity index (χ3n) is 5.65. The van der Waals surface area contributed by atoms with Gasteiger partial charge in [-0.25, -0.2) is 0 Å². The van der Waals surface area contributed by atoms with Crippen molar-refractivity contribution in [3.8, 4) is 28.7 Å². The molecule has 0 fully saturated rings. The monoisotopic (exact) mass is 489 g/mol. The van der Waals surface area contributed by atoms with Crippen LogP contribution in [0.15, 0.2) is 54.3 Å². The molecule has 186 valence electrons. The zero-order chi connectivity index (χ0) is 25.8. The second-order valence-electron chi connectivity index (χ2n) is 8.21. The molecule has 8 heteroatoms. The second kappa shape index (κ2) is 10.4. The van der Waals surface area contributed by atoms with Gasteiger partial charge in [-0.2, -0.15) is 0 Å². The molecule has 0 spiro atoms. The number of carbonyl (C=O) groups excluding carboxylic acids is 2. The van der Waals surface area contributed by atoms with Gasteiger partial charge in [0.25, 0.3) is 5.91 Å². The molecule has 1 amide bonds. The predicted molar refractivity (Wildman–Crippen MR) is 136 cm³/mol. The maximum atomic E-state index is 12.9. The second-order valence-corrected chi connectivity index (χ2v) is 8.21. The minimum absolute atomic E-state index is 0.143. The fraction of sp³-hybridized carbons (Fsp3) is 0.214. The molecule has 0 saturated carbocycles. The third kappa shape index (κ3) is 5.12. The Morgan fingerprint density at radius 1 is 0.944 bits per heavy atom. The van der Waals surface area contributed by atoms with E-state index >= 15 is 0 Å². The molecule has 0 atom stereocenters. The third-order valence-corrected chi connectivity index (χ3v) is 5.65. The Morgan fingerprint density at radius 3 is 2.31 bits per heavy atom. The van der Waals surface area contributed by atoms with Crippen LogP contribution in [0.4, 0.5) is 5.69 Å². The van der Waals surface area contributed by atoms with Crippen molar-refractivity contribution in [1.82, 2.24) is 0 Å². The maximum absolute atomic E-state index is 12.9. The van der Waals surface area contributed by atoms with Crippen LogP contribution in [0.25, 0.3) is 6.08 Å². The van der Waals surface area contributed by atoms with Crippen LogP contribution < -0.4 is 29.0 Å². The van der Waals surface area contributed by atoms with E-state index in [1.165, 1.54) is 21.3 Å².